The lowest BCUT2D eigenvalue weighted by molar-refractivity contribution is 0.324. The molecule has 0 saturated carbocycles. The van der Waals surface area contributed by atoms with Crippen molar-refractivity contribution in [3.63, 3.8) is 0 Å². The lowest BCUT2D eigenvalue weighted by Gasteiger charge is -2.14. The number of ether oxygens (including phenoxy) is 3. The molecule has 30 heavy (non-hydrogen) atoms. The third-order valence-electron chi connectivity index (χ3n) is 4.53. The van der Waals surface area contributed by atoms with Crippen molar-refractivity contribution in [1.29, 1.82) is 0 Å². The fourth-order valence-corrected chi connectivity index (χ4v) is 2.99. The van der Waals surface area contributed by atoms with Crippen LogP contribution in [0.3, 0.4) is 0 Å². The van der Waals surface area contributed by atoms with Gasteiger partial charge in [-0.15, -0.1) is 24.0 Å². The number of halogens is 1. The van der Waals surface area contributed by atoms with Gasteiger partial charge in [-0.3, -0.25) is 0 Å². The minimum absolute atomic E-state index is 0. The number of aliphatic imine (C=N–C) groups is 1. The Kier molecular flexibility index (Phi) is 12.0. The molecule has 0 aliphatic heterocycles. The molecular formula is C21H34IN5O3. The molecule has 0 aliphatic rings. The van der Waals surface area contributed by atoms with Gasteiger partial charge in [0.25, 0.3) is 0 Å². The van der Waals surface area contributed by atoms with E-state index >= 15 is 0 Å². The lowest BCUT2D eigenvalue weighted by Crippen LogP contribution is -2.37. The molecule has 0 fully saturated rings. The fraction of sp³-hybridized carbons (Fsp3) is 0.524. The van der Waals surface area contributed by atoms with E-state index in [2.05, 4.69) is 32.1 Å². The predicted molar refractivity (Wildman–Crippen MR) is 131 cm³/mol. The van der Waals surface area contributed by atoms with Crippen molar-refractivity contribution < 1.29 is 14.2 Å². The first kappa shape index (κ1) is 25.9. The zero-order valence-electron chi connectivity index (χ0n) is 18.5. The van der Waals surface area contributed by atoms with Crippen molar-refractivity contribution in [2.75, 3.05) is 34.4 Å². The third kappa shape index (κ3) is 7.58. The van der Waals surface area contributed by atoms with Gasteiger partial charge in [0.1, 0.15) is 5.82 Å². The normalized spacial score (nSPS) is 10.9. The van der Waals surface area contributed by atoms with Gasteiger partial charge in [-0.1, -0.05) is 0 Å². The van der Waals surface area contributed by atoms with Crippen molar-refractivity contribution in [3.05, 3.63) is 35.9 Å². The second kappa shape index (κ2) is 13.9. The number of unbranched alkanes of at least 4 members (excludes halogenated alkanes) is 1. The van der Waals surface area contributed by atoms with Crippen molar-refractivity contribution in [2.24, 2.45) is 4.99 Å². The molecule has 2 aromatic rings. The maximum Gasteiger partial charge on any atom is 0.203 e. The number of guanidine groups is 1. The van der Waals surface area contributed by atoms with Crippen LogP contribution < -0.4 is 24.8 Å². The summed E-state index contributed by atoms with van der Waals surface area (Å²) in [4.78, 5) is 8.93. The van der Waals surface area contributed by atoms with Crippen LogP contribution in [-0.4, -0.2) is 49.9 Å². The first-order valence-electron chi connectivity index (χ1n) is 9.91. The average Bonchev–Trinajstić information content (AvgIpc) is 3.15. The van der Waals surface area contributed by atoms with Gasteiger partial charge in [0.2, 0.25) is 5.75 Å². The molecule has 9 heteroatoms. The minimum atomic E-state index is 0. The summed E-state index contributed by atoms with van der Waals surface area (Å²) < 4.78 is 18.4. The summed E-state index contributed by atoms with van der Waals surface area (Å²) in [6.45, 7) is 7.22. The molecule has 2 rings (SSSR count). The predicted octanol–water partition coefficient (Wildman–Crippen LogP) is 3.37. The van der Waals surface area contributed by atoms with Crippen molar-refractivity contribution in [3.8, 4) is 17.2 Å². The van der Waals surface area contributed by atoms with Crippen LogP contribution in [0, 0.1) is 6.92 Å². The number of imidazole rings is 1. The number of hydrogen-bond donors (Lipinski definition) is 2. The van der Waals surface area contributed by atoms with Crippen LogP contribution in [0.1, 0.15) is 31.2 Å². The highest BCUT2D eigenvalue weighted by Crippen LogP contribution is 2.38. The zero-order chi connectivity index (χ0) is 21.1. The van der Waals surface area contributed by atoms with Crippen molar-refractivity contribution in [1.82, 2.24) is 20.2 Å². The number of nitrogens with one attached hydrogen (secondary N) is 2. The zero-order valence-corrected chi connectivity index (χ0v) is 20.9. The molecule has 0 unspecified atom stereocenters. The van der Waals surface area contributed by atoms with E-state index in [0.29, 0.717) is 23.8 Å². The standard InChI is InChI=1S/C21H33N5O3.HI/c1-6-22-21(24-9-7-8-11-26-12-10-23-16(26)2)25-15-17-13-18(27-3)20(29-5)19(14-17)28-4;/h10,12-14H,6-9,11,15H2,1-5H3,(H2,22,24,25);1H. The van der Waals surface area contributed by atoms with Crippen LogP contribution in [0.2, 0.25) is 0 Å². The van der Waals surface area contributed by atoms with Crippen molar-refractivity contribution >= 4 is 29.9 Å². The first-order valence-corrected chi connectivity index (χ1v) is 9.91. The summed E-state index contributed by atoms with van der Waals surface area (Å²) in [6, 6.07) is 3.84. The Bertz CT molecular complexity index is 770. The van der Waals surface area contributed by atoms with Crippen LogP contribution in [0.15, 0.2) is 29.5 Å². The molecule has 2 N–H and O–H groups in total. The molecule has 168 valence electrons. The molecule has 0 bridgehead atoms. The molecule has 0 spiro atoms. The van der Waals surface area contributed by atoms with E-state index in [1.54, 1.807) is 21.3 Å². The highest BCUT2D eigenvalue weighted by molar-refractivity contribution is 14.0. The van der Waals surface area contributed by atoms with E-state index < -0.39 is 0 Å². The summed E-state index contributed by atoms with van der Waals surface area (Å²) in [5, 5.41) is 6.67. The van der Waals surface area contributed by atoms with Crippen LogP contribution in [0.4, 0.5) is 0 Å². The maximum atomic E-state index is 5.41. The lowest BCUT2D eigenvalue weighted by atomic mass is 10.2. The Balaban J connectivity index is 0.00000450. The molecule has 0 atom stereocenters. The van der Waals surface area contributed by atoms with E-state index in [1.165, 1.54) is 0 Å². The van der Waals surface area contributed by atoms with Gasteiger partial charge in [-0.2, -0.15) is 0 Å². The van der Waals surface area contributed by atoms with Gasteiger partial charge in [-0.25, -0.2) is 9.98 Å². The minimum Gasteiger partial charge on any atom is -0.493 e. The van der Waals surface area contributed by atoms with Gasteiger partial charge in [0.05, 0.1) is 27.9 Å². The smallest absolute Gasteiger partial charge is 0.203 e. The molecule has 0 saturated heterocycles. The number of methoxy groups -OCH3 is 3. The van der Waals surface area contributed by atoms with E-state index in [0.717, 1.165) is 49.8 Å². The second-order valence-electron chi connectivity index (χ2n) is 6.53. The number of hydrogen-bond acceptors (Lipinski definition) is 5. The average molecular weight is 531 g/mol. The highest BCUT2D eigenvalue weighted by Gasteiger charge is 2.13. The molecule has 0 amide bonds. The summed E-state index contributed by atoms with van der Waals surface area (Å²) >= 11 is 0. The highest BCUT2D eigenvalue weighted by atomic mass is 127. The van der Waals surface area contributed by atoms with E-state index in [1.807, 2.05) is 31.5 Å². The molecule has 1 aromatic heterocycles. The van der Waals surface area contributed by atoms with Crippen molar-refractivity contribution in [2.45, 2.75) is 39.8 Å². The molecule has 1 heterocycles. The molecular weight excluding hydrogens is 497 g/mol. The number of aromatic nitrogens is 2. The number of aryl methyl sites for hydroxylation is 2. The third-order valence-corrected chi connectivity index (χ3v) is 4.53. The van der Waals surface area contributed by atoms with E-state index in [-0.39, 0.29) is 24.0 Å². The molecule has 1 aromatic carbocycles. The first-order chi connectivity index (χ1) is 14.1. The van der Waals surface area contributed by atoms with Crippen LogP contribution in [-0.2, 0) is 13.1 Å². The van der Waals surface area contributed by atoms with Gasteiger partial charge in [0, 0.05) is 32.0 Å². The van der Waals surface area contributed by atoms with Crippen LogP contribution in [0.25, 0.3) is 0 Å². The number of nitrogens with zero attached hydrogens (tertiary/aromatic N) is 3. The quantitative estimate of drug-likeness (QED) is 0.200. The summed E-state index contributed by atoms with van der Waals surface area (Å²) in [6.07, 6.45) is 5.99. The molecule has 0 aliphatic carbocycles. The molecule has 8 nitrogen and oxygen atoms in total. The van der Waals surface area contributed by atoms with E-state index in [9.17, 15) is 0 Å². The Morgan fingerprint density at radius 1 is 1.07 bits per heavy atom. The van der Waals surface area contributed by atoms with Gasteiger partial charge >= 0.3 is 0 Å². The Labute approximate surface area is 196 Å². The Morgan fingerprint density at radius 3 is 2.30 bits per heavy atom. The summed E-state index contributed by atoms with van der Waals surface area (Å²) in [5.41, 5.74) is 0.979. The van der Waals surface area contributed by atoms with Crippen LogP contribution >= 0.6 is 24.0 Å². The topological polar surface area (TPSA) is 81.9 Å². The van der Waals surface area contributed by atoms with E-state index in [4.69, 9.17) is 14.2 Å². The largest absolute Gasteiger partial charge is 0.493 e. The number of benzene rings is 1. The Morgan fingerprint density at radius 2 is 1.77 bits per heavy atom. The fourth-order valence-electron chi connectivity index (χ4n) is 2.99. The summed E-state index contributed by atoms with van der Waals surface area (Å²) in [7, 11) is 4.82. The van der Waals surface area contributed by atoms with Gasteiger partial charge in [-0.05, 0) is 44.4 Å². The summed E-state index contributed by atoms with van der Waals surface area (Å²) in [5.74, 6) is 3.69. The second-order valence-corrected chi connectivity index (χ2v) is 6.53. The monoisotopic (exact) mass is 531 g/mol. The van der Waals surface area contributed by atoms with Gasteiger partial charge < -0.3 is 29.4 Å². The molecule has 0 radical (unpaired) electrons. The van der Waals surface area contributed by atoms with Crippen LogP contribution in [0.5, 0.6) is 17.2 Å². The SMILES string of the molecule is CCNC(=NCc1cc(OC)c(OC)c(OC)c1)NCCCCn1ccnc1C.I. The maximum absolute atomic E-state index is 5.41. The van der Waals surface area contributed by atoms with Gasteiger partial charge in [0.15, 0.2) is 17.5 Å². The Hall–Kier alpha value is -2.17. The number of rotatable bonds is 11.